The molecule has 0 saturated heterocycles. The van der Waals surface area contributed by atoms with Gasteiger partial charge in [-0.05, 0) is 48.4 Å². The van der Waals surface area contributed by atoms with Crippen LogP contribution in [0, 0.1) is 23.2 Å². The van der Waals surface area contributed by atoms with Crippen LogP contribution in [-0.4, -0.2) is 0 Å². The molecule has 0 aromatic heterocycles. The van der Waals surface area contributed by atoms with Crippen LogP contribution in [0.4, 0.5) is 0 Å². The van der Waals surface area contributed by atoms with Gasteiger partial charge < -0.3 is 0 Å². The third kappa shape index (κ3) is 3.60. The minimum absolute atomic E-state index is 0.652. The normalized spacial score (nSPS) is 9.00. The second-order valence-electron chi connectivity index (χ2n) is 4.13. The van der Waals surface area contributed by atoms with Gasteiger partial charge in [0.1, 0.15) is 0 Å². The van der Waals surface area contributed by atoms with E-state index in [1.54, 1.807) is 12.1 Å². The summed E-state index contributed by atoms with van der Waals surface area (Å²) in [5.41, 5.74) is 3.78. The van der Waals surface area contributed by atoms with Gasteiger partial charge in [-0.25, -0.2) is 0 Å². The molecule has 0 spiro atoms. The van der Waals surface area contributed by atoms with Crippen molar-refractivity contribution >= 4 is 0 Å². The lowest BCUT2D eigenvalue weighted by Crippen LogP contribution is -1.81. The number of nitrogens with zero attached hydrogens (tertiary/aromatic N) is 1. The fourth-order valence-electron chi connectivity index (χ4n) is 1.66. The monoisotopic (exact) mass is 243 g/mol. The quantitative estimate of drug-likeness (QED) is 0.583. The van der Waals surface area contributed by atoms with Gasteiger partial charge in [-0.15, -0.1) is 6.58 Å². The minimum atomic E-state index is 0.652. The van der Waals surface area contributed by atoms with E-state index in [-0.39, 0.29) is 0 Å². The first-order chi connectivity index (χ1) is 9.31. The van der Waals surface area contributed by atoms with Crippen molar-refractivity contribution in [2.75, 3.05) is 0 Å². The molecule has 0 heterocycles. The molecule has 0 atom stereocenters. The second kappa shape index (κ2) is 6.24. The maximum absolute atomic E-state index is 8.71. The summed E-state index contributed by atoms with van der Waals surface area (Å²) in [6, 6.07) is 17.5. The van der Waals surface area contributed by atoms with Gasteiger partial charge in [-0.1, -0.05) is 30.0 Å². The fourth-order valence-corrected chi connectivity index (χ4v) is 1.66. The molecule has 0 N–H and O–H groups in total. The van der Waals surface area contributed by atoms with Crippen LogP contribution in [-0.2, 0) is 6.42 Å². The number of nitriles is 1. The molecule has 0 amide bonds. The first-order valence-corrected chi connectivity index (χ1v) is 6.04. The van der Waals surface area contributed by atoms with Crippen molar-refractivity contribution < 1.29 is 0 Å². The predicted octanol–water partition coefficient (Wildman–Crippen LogP) is 3.69. The minimum Gasteiger partial charge on any atom is -0.192 e. The van der Waals surface area contributed by atoms with Gasteiger partial charge in [0.2, 0.25) is 0 Å². The van der Waals surface area contributed by atoms with Crippen molar-refractivity contribution in [3.8, 4) is 17.9 Å². The predicted molar refractivity (Wildman–Crippen MR) is 77.5 cm³/mol. The van der Waals surface area contributed by atoms with Crippen LogP contribution in [0.25, 0.3) is 0 Å². The van der Waals surface area contributed by atoms with Crippen LogP contribution >= 0.6 is 0 Å². The van der Waals surface area contributed by atoms with E-state index in [4.69, 9.17) is 5.26 Å². The van der Waals surface area contributed by atoms with E-state index in [0.717, 1.165) is 17.5 Å². The smallest absolute Gasteiger partial charge is 0.0991 e. The lowest BCUT2D eigenvalue weighted by atomic mass is 10.1. The van der Waals surface area contributed by atoms with E-state index in [2.05, 4.69) is 36.6 Å². The van der Waals surface area contributed by atoms with Crippen molar-refractivity contribution in [3.63, 3.8) is 0 Å². The summed E-state index contributed by atoms with van der Waals surface area (Å²) >= 11 is 0. The highest BCUT2D eigenvalue weighted by Gasteiger charge is 1.91. The van der Waals surface area contributed by atoms with E-state index < -0.39 is 0 Å². The van der Waals surface area contributed by atoms with Crippen LogP contribution in [0.1, 0.15) is 22.3 Å². The molecule has 0 aliphatic carbocycles. The summed E-state index contributed by atoms with van der Waals surface area (Å²) in [6.45, 7) is 3.72. The molecule has 2 aromatic rings. The topological polar surface area (TPSA) is 23.8 Å². The van der Waals surface area contributed by atoms with Gasteiger partial charge in [0.15, 0.2) is 0 Å². The van der Waals surface area contributed by atoms with Crippen LogP contribution in [0.5, 0.6) is 0 Å². The van der Waals surface area contributed by atoms with Crippen LogP contribution in [0.15, 0.2) is 61.2 Å². The molecule has 90 valence electrons. The van der Waals surface area contributed by atoms with Gasteiger partial charge in [0.05, 0.1) is 11.6 Å². The molecule has 1 heteroatoms. The third-order valence-electron chi connectivity index (χ3n) is 2.70. The highest BCUT2D eigenvalue weighted by Crippen LogP contribution is 2.06. The second-order valence-corrected chi connectivity index (χ2v) is 4.13. The van der Waals surface area contributed by atoms with Crippen molar-refractivity contribution in [2.24, 2.45) is 0 Å². The Morgan fingerprint density at radius 2 is 1.32 bits per heavy atom. The van der Waals surface area contributed by atoms with E-state index >= 15 is 0 Å². The maximum atomic E-state index is 8.71. The fraction of sp³-hybridized carbons (Fsp3) is 0.0556. The Balaban J connectivity index is 2.14. The Bertz CT molecular complexity index is 659. The van der Waals surface area contributed by atoms with E-state index in [9.17, 15) is 0 Å². The number of hydrogen-bond acceptors (Lipinski definition) is 1. The molecular formula is C18H13N. The SMILES string of the molecule is C=CCc1ccc(C#Cc2ccc(C#N)cc2)cc1. The van der Waals surface area contributed by atoms with Crippen molar-refractivity contribution in [1.29, 1.82) is 5.26 Å². The third-order valence-corrected chi connectivity index (χ3v) is 2.70. The summed E-state index contributed by atoms with van der Waals surface area (Å²) < 4.78 is 0. The largest absolute Gasteiger partial charge is 0.192 e. The summed E-state index contributed by atoms with van der Waals surface area (Å²) in [6.07, 6.45) is 2.76. The highest BCUT2D eigenvalue weighted by molar-refractivity contribution is 5.45. The molecule has 2 rings (SSSR count). The lowest BCUT2D eigenvalue weighted by Gasteiger charge is -1.96. The molecule has 0 saturated carbocycles. The zero-order chi connectivity index (χ0) is 13.5. The first kappa shape index (κ1) is 12.7. The average molecular weight is 243 g/mol. The molecule has 2 aromatic carbocycles. The molecule has 0 aliphatic rings. The van der Waals surface area contributed by atoms with E-state index in [1.165, 1.54) is 5.56 Å². The number of hydrogen-bond donors (Lipinski definition) is 0. The van der Waals surface area contributed by atoms with Crippen LogP contribution < -0.4 is 0 Å². The zero-order valence-electron chi connectivity index (χ0n) is 10.6. The van der Waals surface area contributed by atoms with Gasteiger partial charge >= 0.3 is 0 Å². The molecule has 1 nitrogen and oxygen atoms in total. The Kier molecular flexibility index (Phi) is 4.17. The Hall–Kier alpha value is -2.77. The van der Waals surface area contributed by atoms with Crippen molar-refractivity contribution in [2.45, 2.75) is 6.42 Å². The van der Waals surface area contributed by atoms with Gasteiger partial charge in [0, 0.05) is 11.1 Å². The summed E-state index contributed by atoms with van der Waals surface area (Å²) in [4.78, 5) is 0. The number of allylic oxidation sites excluding steroid dienone is 1. The zero-order valence-corrected chi connectivity index (χ0v) is 10.6. The van der Waals surface area contributed by atoms with Gasteiger partial charge in [-0.3, -0.25) is 0 Å². The standard InChI is InChI=1S/C18H13N/c1-2-3-15-4-6-16(7-5-15)8-9-17-10-12-18(14-19)13-11-17/h2,4-7,10-13H,1,3H2. The molecule has 19 heavy (non-hydrogen) atoms. The maximum Gasteiger partial charge on any atom is 0.0991 e. The molecular weight excluding hydrogens is 230 g/mol. The Labute approximate surface area is 113 Å². The first-order valence-electron chi connectivity index (χ1n) is 6.04. The summed E-state index contributed by atoms with van der Waals surface area (Å²) in [7, 11) is 0. The van der Waals surface area contributed by atoms with Crippen LogP contribution in [0.3, 0.4) is 0 Å². The molecule has 0 radical (unpaired) electrons. The highest BCUT2D eigenvalue weighted by atomic mass is 14.2. The lowest BCUT2D eigenvalue weighted by molar-refractivity contribution is 1.27. The summed E-state index contributed by atoms with van der Waals surface area (Å²) in [5, 5.41) is 8.71. The number of benzene rings is 2. The molecule has 0 bridgehead atoms. The molecule has 0 unspecified atom stereocenters. The molecule has 0 aliphatic heterocycles. The van der Waals surface area contributed by atoms with Crippen LogP contribution in [0.2, 0.25) is 0 Å². The van der Waals surface area contributed by atoms with Crippen molar-refractivity contribution in [1.82, 2.24) is 0 Å². The van der Waals surface area contributed by atoms with Gasteiger partial charge in [-0.2, -0.15) is 5.26 Å². The van der Waals surface area contributed by atoms with E-state index in [0.29, 0.717) is 5.56 Å². The van der Waals surface area contributed by atoms with Gasteiger partial charge in [0.25, 0.3) is 0 Å². The van der Waals surface area contributed by atoms with E-state index in [1.807, 2.05) is 30.3 Å². The Morgan fingerprint density at radius 3 is 1.79 bits per heavy atom. The number of rotatable bonds is 2. The Morgan fingerprint density at radius 1 is 0.842 bits per heavy atom. The molecule has 0 fully saturated rings. The average Bonchev–Trinajstić information content (AvgIpc) is 2.47. The van der Waals surface area contributed by atoms with Crippen molar-refractivity contribution in [3.05, 3.63) is 83.4 Å². The summed E-state index contributed by atoms with van der Waals surface area (Å²) in [5.74, 6) is 6.19.